The van der Waals surface area contributed by atoms with Crippen LogP contribution in [0.2, 0.25) is 0 Å². The first-order chi connectivity index (χ1) is 11.2. The zero-order chi connectivity index (χ0) is 15.8. The molecule has 0 spiro atoms. The van der Waals surface area contributed by atoms with Crippen LogP contribution in [0.25, 0.3) is 0 Å². The molecule has 0 unspecified atom stereocenters. The van der Waals surface area contributed by atoms with Gasteiger partial charge in [-0.25, -0.2) is 0 Å². The van der Waals surface area contributed by atoms with Crippen molar-refractivity contribution in [2.75, 3.05) is 13.1 Å². The second-order valence-corrected chi connectivity index (χ2v) is 6.64. The number of amides is 1. The molecule has 1 aromatic carbocycles. The molecule has 4 nitrogen and oxygen atoms in total. The maximum Gasteiger partial charge on any atom is 0.272 e. The van der Waals surface area contributed by atoms with Crippen LogP contribution in [-0.2, 0) is 0 Å². The predicted molar refractivity (Wildman–Crippen MR) is 104 cm³/mol. The minimum absolute atomic E-state index is 0. The van der Waals surface area contributed by atoms with Crippen molar-refractivity contribution in [3.05, 3.63) is 65.5 Å². The number of halogens is 2. The fraction of sp³-hybridized carbons (Fsp3) is 0.368. The summed E-state index contributed by atoms with van der Waals surface area (Å²) in [6.07, 6.45) is 4.35. The van der Waals surface area contributed by atoms with Crippen LogP contribution in [0.3, 0.4) is 0 Å². The van der Waals surface area contributed by atoms with Gasteiger partial charge in [0, 0.05) is 31.2 Å². The Morgan fingerprint density at radius 2 is 1.72 bits per heavy atom. The third-order valence-corrected chi connectivity index (χ3v) is 4.93. The van der Waals surface area contributed by atoms with Gasteiger partial charge in [-0.1, -0.05) is 36.4 Å². The van der Waals surface area contributed by atoms with Gasteiger partial charge in [-0.2, -0.15) is 0 Å². The van der Waals surface area contributed by atoms with Crippen molar-refractivity contribution in [1.82, 2.24) is 9.88 Å². The Kier molecular flexibility index (Phi) is 6.44. The molecule has 25 heavy (non-hydrogen) atoms. The number of hydrogen-bond acceptors (Lipinski definition) is 3. The first-order valence-electron chi connectivity index (χ1n) is 8.28. The number of nitrogens with two attached hydrogens (primary N) is 1. The molecule has 1 saturated carbocycles. The van der Waals surface area contributed by atoms with Gasteiger partial charge >= 0.3 is 0 Å². The number of rotatable bonds is 3. The lowest BCUT2D eigenvalue weighted by Gasteiger charge is -2.16. The Bertz CT molecular complexity index is 704. The summed E-state index contributed by atoms with van der Waals surface area (Å²) in [6, 6.07) is 14.1. The van der Waals surface area contributed by atoms with E-state index in [-0.39, 0.29) is 42.7 Å². The maximum atomic E-state index is 12.7. The normalized spacial score (nSPS) is 22.0. The molecule has 1 aliphatic heterocycles. The van der Waals surface area contributed by atoms with E-state index in [2.05, 4.69) is 17.1 Å². The van der Waals surface area contributed by atoms with E-state index in [1.54, 1.807) is 0 Å². The zero-order valence-corrected chi connectivity index (χ0v) is 15.5. The molecule has 4 rings (SSSR count). The second-order valence-electron chi connectivity index (χ2n) is 6.64. The number of aromatic nitrogens is 1. The van der Waals surface area contributed by atoms with Crippen LogP contribution < -0.4 is 5.73 Å². The summed E-state index contributed by atoms with van der Waals surface area (Å²) in [5.74, 6) is 0.849. The van der Waals surface area contributed by atoms with Gasteiger partial charge < -0.3 is 10.6 Å². The van der Waals surface area contributed by atoms with Crippen molar-refractivity contribution in [3.8, 4) is 0 Å². The quantitative estimate of drug-likeness (QED) is 0.888. The topological polar surface area (TPSA) is 59.2 Å². The van der Waals surface area contributed by atoms with Gasteiger partial charge in [-0.3, -0.25) is 9.78 Å². The van der Waals surface area contributed by atoms with Gasteiger partial charge in [0.2, 0.25) is 0 Å². The molecule has 0 bridgehead atoms. The lowest BCUT2D eigenvalue weighted by Crippen LogP contribution is -2.32. The van der Waals surface area contributed by atoms with Crippen LogP contribution in [-0.4, -0.2) is 34.9 Å². The summed E-state index contributed by atoms with van der Waals surface area (Å²) in [6.45, 7) is 1.25. The molecular formula is C19H23Cl2N3O. The van der Waals surface area contributed by atoms with E-state index in [9.17, 15) is 4.79 Å². The summed E-state index contributed by atoms with van der Waals surface area (Å²) in [7, 11) is 0. The van der Waals surface area contributed by atoms with Crippen LogP contribution in [0.1, 0.15) is 46.3 Å². The summed E-state index contributed by atoms with van der Waals surface area (Å²) in [5.41, 5.74) is 9.25. The Labute approximate surface area is 160 Å². The largest absolute Gasteiger partial charge is 0.335 e. The molecule has 1 aromatic heterocycles. The summed E-state index contributed by atoms with van der Waals surface area (Å²) in [4.78, 5) is 18.9. The molecule has 2 fully saturated rings. The Morgan fingerprint density at radius 1 is 1.00 bits per heavy atom. The molecule has 6 heteroatoms. The standard InChI is InChI=1S/C19H21N3O.2ClH/c20-17-12-22(11-16(17)14-4-2-1-3-5-14)19(23)18-9-8-15(10-21-18)13-6-7-13;;/h1-5,8-10,13,16-17H,6-7,11-12,20H2;2*1H/t16-,17+;;/m0../s1. The summed E-state index contributed by atoms with van der Waals surface area (Å²) >= 11 is 0. The number of benzene rings is 1. The molecule has 2 atom stereocenters. The first kappa shape index (κ1) is 19.7. The number of carbonyl (C=O) groups is 1. The van der Waals surface area contributed by atoms with E-state index in [4.69, 9.17) is 5.73 Å². The summed E-state index contributed by atoms with van der Waals surface area (Å²) in [5, 5.41) is 0. The average Bonchev–Trinajstić information content (AvgIpc) is 3.37. The maximum absolute atomic E-state index is 12.7. The van der Waals surface area contributed by atoms with Gasteiger partial charge in [0.05, 0.1) is 0 Å². The molecular weight excluding hydrogens is 357 g/mol. The Balaban J connectivity index is 0.00000113. The highest BCUT2D eigenvalue weighted by Crippen LogP contribution is 2.39. The molecule has 1 aliphatic carbocycles. The van der Waals surface area contributed by atoms with Crippen LogP contribution >= 0.6 is 24.8 Å². The highest BCUT2D eigenvalue weighted by molar-refractivity contribution is 5.92. The van der Waals surface area contributed by atoms with E-state index in [1.807, 2.05) is 41.4 Å². The minimum Gasteiger partial charge on any atom is -0.335 e. The smallest absolute Gasteiger partial charge is 0.272 e. The molecule has 2 aliphatic rings. The molecule has 2 N–H and O–H groups in total. The van der Waals surface area contributed by atoms with Crippen molar-refractivity contribution in [2.24, 2.45) is 5.73 Å². The Morgan fingerprint density at radius 3 is 2.32 bits per heavy atom. The van der Waals surface area contributed by atoms with Gasteiger partial charge in [0.15, 0.2) is 0 Å². The van der Waals surface area contributed by atoms with Crippen molar-refractivity contribution >= 4 is 30.7 Å². The van der Waals surface area contributed by atoms with Crippen molar-refractivity contribution in [3.63, 3.8) is 0 Å². The number of pyridine rings is 1. The van der Waals surface area contributed by atoms with E-state index in [1.165, 1.54) is 24.0 Å². The molecule has 1 saturated heterocycles. The fourth-order valence-corrected chi connectivity index (χ4v) is 3.40. The van der Waals surface area contributed by atoms with Crippen molar-refractivity contribution in [1.29, 1.82) is 0 Å². The Hall–Kier alpha value is -1.62. The molecule has 2 aromatic rings. The lowest BCUT2D eigenvalue weighted by atomic mass is 9.95. The summed E-state index contributed by atoms with van der Waals surface area (Å²) < 4.78 is 0. The van der Waals surface area contributed by atoms with Crippen LogP contribution in [0.15, 0.2) is 48.7 Å². The number of hydrogen-bond donors (Lipinski definition) is 1. The molecule has 134 valence electrons. The predicted octanol–water partition coefficient (Wildman–Crippen LogP) is 3.37. The zero-order valence-electron chi connectivity index (χ0n) is 13.9. The fourth-order valence-electron chi connectivity index (χ4n) is 3.40. The minimum atomic E-state index is -0.0212. The highest BCUT2D eigenvalue weighted by Gasteiger charge is 2.34. The molecule has 1 amide bonds. The van der Waals surface area contributed by atoms with Crippen LogP contribution in [0.4, 0.5) is 0 Å². The number of likely N-dealkylation sites (tertiary alicyclic amines) is 1. The molecule has 0 radical (unpaired) electrons. The molecule has 2 heterocycles. The monoisotopic (exact) mass is 379 g/mol. The second kappa shape index (κ2) is 8.17. The van der Waals surface area contributed by atoms with E-state index in [0.717, 1.165) is 0 Å². The van der Waals surface area contributed by atoms with Crippen LogP contribution in [0, 0.1) is 0 Å². The number of carbonyl (C=O) groups excluding carboxylic acids is 1. The van der Waals surface area contributed by atoms with Gasteiger partial charge in [-0.15, -0.1) is 24.8 Å². The van der Waals surface area contributed by atoms with Gasteiger partial charge in [0.25, 0.3) is 5.91 Å². The number of nitrogens with zero attached hydrogens (tertiary/aromatic N) is 2. The van der Waals surface area contributed by atoms with E-state index in [0.29, 0.717) is 24.7 Å². The van der Waals surface area contributed by atoms with Gasteiger partial charge in [0.1, 0.15) is 5.69 Å². The van der Waals surface area contributed by atoms with Crippen molar-refractivity contribution in [2.45, 2.75) is 30.7 Å². The highest BCUT2D eigenvalue weighted by atomic mass is 35.5. The van der Waals surface area contributed by atoms with Crippen LogP contribution in [0.5, 0.6) is 0 Å². The third-order valence-electron chi connectivity index (χ3n) is 4.93. The SMILES string of the molecule is Cl.Cl.N[C@@H]1CN(C(=O)c2ccc(C3CC3)cn2)C[C@H]1c1ccccc1. The lowest BCUT2D eigenvalue weighted by molar-refractivity contribution is 0.0783. The third kappa shape index (κ3) is 4.14. The average molecular weight is 380 g/mol. The van der Waals surface area contributed by atoms with Crippen molar-refractivity contribution < 1.29 is 4.79 Å². The van der Waals surface area contributed by atoms with E-state index < -0.39 is 0 Å². The van der Waals surface area contributed by atoms with E-state index >= 15 is 0 Å². The van der Waals surface area contributed by atoms with Gasteiger partial charge in [-0.05, 0) is 36.0 Å². The first-order valence-corrected chi connectivity index (χ1v) is 8.28.